The van der Waals surface area contributed by atoms with Crippen LogP contribution in [0.2, 0.25) is 0 Å². The van der Waals surface area contributed by atoms with Crippen LogP contribution in [0.4, 0.5) is 0 Å². The molecule has 1 aromatic carbocycles. The van der Waals surface area contributed by atoms with Gasteiger partial charge in [0.05, 0.1) is 5.69 Å². The Balaban J connectivity index is 2.16. The highest BCUT2D eigenvalue weighted by molar-refractivity contribution is 5.64. The summed E-state index contributed by atoms with van der Waals surface area (Å²) in [6.45, 7) is 0.329. The van der Waals surface area contributed by atoms with E-state index in [0.717, 1.165) is 23.2 Å². The molecule has 0 amide bonds. The van der Waals surface area contributed by atoms with Gasteiger partial charge in [-0.1, -0.05) is 12.1 Å². The van der Waals surface area contributed by atoms with Gasteiger partial charge in [-0.2, -0.15) is 5.10 Å². The van der Waals surface area contributed by atoms with Crippen LogP contribution in [0.1, 0.15) is 23.1 Å². The minimum Gasteiger partial charge on any atom is -0.326 e. The summed E-state index contributed by atoms with van der Waals surface area (Å²) in [5.74, 6) is 0. The number of hydrogen-bond donors (Lipinski definition) is 1. The Morgan fingerprint density at radius 1 is 1.26 bits per heavy atom. The normalized spacial score (nSPS) is 13.6. The molecule has 1 aliphatic carbocycles. The van der Waals surface area contributed by atoms with Crippen molar-refractivity contribution in [3.8, 4) is 11.3 Å². The van der Waals surface area contributed by atoms with E-state index in [0.29, 0.717) is 6.54 Å². The molecule has 19 heavy (non-hydrogen) atoms. The summed E-state index contributed by atoms with van der Waals surface area (Å²) < 4.78 is 1.36. The minimum absolute atomic E-state index is 0.120. The Kier molecular flexibility index (Phi) is 2.95. The number of nitrogens with zero attached hydrogens (tertiary/aromatic N) is 2. The molecule has 0 bridgehead atoms. The molecule has 1 heterocycles. The summed E-state index contributed by atoms with van der Waals surface area (Å²) in [6.07, 6.45) is 3.52. The van der Waals surface area contributed by atoms with Crippen LogP contribution in [0, 0.1) is 0 Å². The van der Waals surface area contributed by atoms with Gasteiger partial charge in [0.1, 0.15) is 0 Å². The van der Waals surface area contributed by atoms with E-state index in [2.05, 4.69) is 23.3 Å². The fraction of sp³-hybridized carbons (Fsp3) is 0.333. The first kappa shape index (κ1) is 12.1. The van der Waals surface area contributed by atoms with E-state index >= 15 is 0 Å². The van der Waals surface area contributed by atoms with Crippen LogP contribution in [-0.2, 0) is 26.4 Å². The average Bonchev–Trinajstić information content (AvgIpc) is 2.88. The Morgan fingerprint density at radius 2 is 2.05 bits per heavy atom. The second kappa shape index (κ2) is 4.63. The molecule has 3 rings (SSSR count). The summed E-state index contributed by atoms with van der Waals surface area (Å²) >= 11 is 0. The summed E-state index contributed by atoms with van der Waals surface area (Å²) in [7, 11) is 1.67. The number of hydrogen-bond acceptors (Lipinski definition) is 3. The number of fused-ring (bicyclic) bond motifs is 1. The summed E-state index contributed by atoms with van der Waals surface area (Å²) in [6, 6.07) is 8.02. The predicted molar refractivity (Wildman–Crippen MR) is 74.8 cm³/mol. The van der Waals surface area contributed by atoms with E-state index in [1.165, 1.54) is 28.7 Å². The molecular formula is C15H17N3O. The first-order chi connectivity index (χ1) is 9.19. The van der Waals surface area contributed by atoms with Gasteiger partial charge in [0.25, 0.3) is 5.56 Å². The molecule has 4 heteroatoms. The van der Waals surface area contributed by atoms with Crippen molar-refractivity contribution in [1.82, 2.24) is 9.78 Å². The lowest BCUT2D eigenvalue weighted by Gasteiger charge is -2.10. The quantitative estimate of drug-likeness (QED) is 0.882. The topological polar surface area (TPSA) is 60.9 Å². The van der Waals surface area contributed by atoms with Crippen LogP contribution in [0.5, 0.6) is 0 Å². The second-order valence-corrected chi connectivity index (χ2v) is 5.02. The van der Waals surface area contributed by atoms with Gasteiger partial charge in [-0.3, -0.25) is 4.79 Å². The molecule has 0 aliphatic heterocycles. The number of aromatic nitrogens is 2. The van der Waals surface area contributed by atoms with E-state index in [4.69, 9.17) is 5.73 Å². The van der Waals surface area contributed by atoms with Crippen molar-refractivity contribution in [2.75, 3.05) is 0 Å². The van der Waals surface area contributed by atoms with Gasteiger partial charge in [0, 0.05) is 25.2 Å². The predicted octanol–water partition coefficient (Wildman–Crippen LogP) is 1.39. The maximum Gasteiger partial charge on any atom is 0.266 e. The molecule has 1 aromatic heterocycles. The van der Waals surface area contributed by atoms with Crippen LogP contribution >= 0.6 is 0 Å². The summed E-state index contributed by atoms with van der Waals surface area (Å²) in [4.78, 5) is 11.6. The maximum atomic E-state index is 11.6. The van der Waals surface area contributed by atoms with Crippen molar-refractivity contribution in [2.45, 2.75) is 25.8 Å². The SMILES string of the molecule is Cn1nc(-c2ccc3c(c2)CCC3)c(CN)cc1=O. The van der Waals surface area contributed by atoms with E-state index < -0.39 is 0 Å². The molecule has 0 saturated carbocycles. The molecular weight excluding hydrogens is 238 g/mol. The number of aryl methyl sites for hydroxylation is 3. The standard InChI is InChI=1S/C15H17N3O/c1-18-14(19)8-13(9-16)15(17-18)12-6-5-10-3-2-4-11(10)7-12/h5-8H,2-4,9,16H2,1H3. The highest BCUT2D eigenvalue weighted by Gasteiger charge is 2.14. The third-order valence-electron chi connectivity index (χ3n) is 3.76. The Hall–Kier alpha value is -1.94. The van der Waals surface area contributed by atoms with Crippen molar-refractivity contribution < 1.29 is 0 Å². The maximum absolute atomic E-state index is 11.6. The molecule has 1 aliphatic rings. The molecule has 0 spiro atoms. The fourth-order valence-corrected chi connectivity index (χ4v) is 2.69. The molecule has 2 N–H and O–H groups in total. The Morgan fingerprint density at radius 3 is 2.84 bits per heavy atom. The smallest absolute Gasteiger partial charge is 0.266 e. The van der Waals surface area contributed by atoms with Crippen LogP contribution in [0.25, 0.3) is 11.3 Å². The minimum atomic E-state index is -0.120. The van der Waals surface area contributed by atoms with Crippen LogP contribution in [0.3, 0.4) is 0 Å². The number of rotatable bonds is 2. The van der Waals surface area contributed by atoms with E-state index in [1.807, 2.05) is 0 Å². The third-order valence-corrected chi connectivity index (χ3v) is 3.76. The number of nitrogens with two attached hydrogens (primary N) is 1. The zero-order valence-electron chi connectivity index (χ0n) is 11.0. The van der Waals surface area contributed by atoms with Crippen molar-refractivity contribution in [1.29, 1.82) is 0 Å². The first-order valence-corrected chi connectivity index (χ1v) is 6.58. The molecule has 98 valence electrons. The van der Waals surface area contributed by atoms with Crippen LogP contribution in [0.15, 0.2) is 29.1 Å². The van der Waals surface area contributed by atoms with Gasteiger partial charge in [-0.25, -0.2) is 4.68 Å². The molecule has 4 nitrogen and oxygen atoms in total. The van der Waals surface area contributed by atoms with Crippen molar-refractivity contribution in [3.05, 3.63) is 51.3 Å². The zero-order chi connectivity index (χ0) is 13.4. The average molecular weight is 255 g/mol. The molecule has 0 unspecified atom stereocenters. The van der Waals surface area contributed by atoms with Gasteiger partial charge in [-0.05, 0) is 42.0 Å². The molecule has 0 atom stereocenters. The highest BCUT2D eigenvalue weighted by Crippen LogP contribution is 2.28. The van der Waals surface area contributed by atoms with Crippen molar-refractivity contribution in [2.24, 2.45) is 12.8 Å². The van der Waals surface area contributed by atoms with Crippen molar-refractivity contribution >= 4 is 0 Å². The lowest BCUT2D eigenvalue weighted by molar-refractivity contribution is 0.704. The third kappa shape index (κ3) is 2.08. The monoisotopic (exact) mass is 255 g/mol. The Bertz CT molecular complexity index is 688. The lowest BCUT2D eigenvalue weighted by Crippen LogP contribution is -2.21. The van der Waals surface area contributed by atoms with Gasteiger partial charge < -0.3 is 5.73 Å². The number of benzene rings is 1. The Labute approximate surface area is 111 Å². The fourth-order valence-electron chi connectivity index (χ4n) is 2.69. The largest absolute Gasteiger partial charge is 0.326 e. The molecule has 2 aromatic rings. The van der Waals surface area contributed by atoms with Crippen molar-refractivity contribution in [3.63, 3.8) is 0 Å². The van der Waals surface area contributed by atoms with Crippen LogP contribution < -0.4 is 11.3 Å². The van der Waals surface area contributed by atoms with Gasteiger partial charge >= 0.3 is 0 Å². The second-order valence-electron chi connectivity index (χ2n) is 5.02. The van der Waals surface area contributed by atoms with Gasteiger partial charge in [0.15, 0.2) is 0 Å². The zero-order valence-corrected chi connectivity index (χ0v) is 11.0. The first-order valence-electron chi connectivity index (χ1n) is 6.58. The van der Waals surface area contributed by atoms with Crippen LogP contribution in [-0.4, -0.2) is 9.78 Å². The van der Waals surface area contributed by atoms with E-state index in [1.54, 1.807) is 13.1 Å². The van der Waals surface area contributed by atoms with E-state index in [9.17, 15) is 4.79 Å². The van der Waals surface area contributed by atoms with Gasteiger partial charge in [0.2, 0.25) is 0 Å². The lowest BCUT2D eigenvalue weighted by atomic mass is 10.0. The highest BCUT2D eigenvalue weighted by atomic mass is 16.1. The van der Waals surface area contributed by atoms with Gasteiger partial charge in [-0.15, -0.1) is 0 Å². The summed E-state index contributed by atoms with van der Waals surface area (Å²) in [5.41, 5.74) is 11.1. The molecule has 0 fully saturated rings. The van der Waals surface area contributed by atoms with E-state index in [-0.39, 0.29) is 5.56 Å². The molecule has 0 radical (unpaired) electrons. The molecule has 0 saturated heterocycles. The summed E-state index contributed by atoms with van der Waals surface area (Å²) in [5, 5.41) is 4.36.